The highest BCUT2D eigenvalue weighted by Crippen LogP contribution is 2.25. The van der Waals surface area contributed by atoms with Crippen LogP contribution in [-0.2, 0) is 0 Å². The van der Waals surface area contributed by atoms with Crippen LogP contribution >= 0.6 is 51.3 Å². The lowest BCUT2D eigenvalue weighted by atomic mass is 10.2. The van der Waals surface area contributed by atoms with Crippen molar-refractivity contribution in [3.05, 3.63) is 68.4 Å². The largest absolute Gasteiger partial charge is 0.331 e. The van der Waals surface area contributed by atoms with E-state index in [0.717, 1.165) is 15.9 Å². The molecule has 0 aliphatic rings. The number of hydrogen-bond acceptors (Lipinski definition) is 4. The zero-order valence-corrected chi connectivity index (χ0v) is 18.8. The van der Waals surface area contributed by atoms with Gasteiger partial charge in [-0.3, -0.25) is 5.43 Å². The van der Waals surface area contributed by atoms with Crippen molar-refractivity contribution in [1.29, 1.82) is 0 Å². The van der Waals surface area contributed by atoms with Crippen LogP contribution in [0.2, 0.25) is 10.0 Å². The molecule has 2 aromatic carbocycles. The second kappa shape index (κ2) is 9.00. The van der Waals surface area contributed by atoms with E-state index in [0.29, 0.717) is 32.3 Å². The number of halogens is 3. The molecule has 0 spiro atoms. The van der Waals surface area contributed by atoms with Gasteiger partial charge in [0.25, 0.3) is 0 Å². The second-order valence-electron chi connectivity index (χ2n) is 5.80. The molecule has 10 heteroatoms. The molecule has 0 saturated carbocycles. The normalized spacial score (nSPS) is 11.4. The molecule has 0 amide bonds. The molecule has 3 rings (SSSR count). The fourth-order valence-electron chi connectivity index (χ4n) is 2.43. The Morgan fingerprint density at radius 1 is 1.18 bits per heavy atom. The van der Waals surface area contributed by atoms with Crippen molar-refractivity contribution in [3.63, 3.8) is 0 Å². The minimum Gasteiger partial charge on any atom is -0.331 e. The van der Waals surface area contributed by atoms with E-state index in [1.165, 1.54) is 0 Å². The van der Waals surface area contributed by atoms with Gasteiger partial charge in [0.1, 0.15) is 5.69 Å². The van der Waals surface area contributed by atoms with Gasteiger partial charge in [0.15, 0.2) is 5.11 Å². The number of rotatable bonds is 4. The highest BCUT2D eigenvalue weighted by atomic mass is 79.9. The van der Waals surface area contributed by atoms with Gasteiger partial charge in [-0.1, -0.05) is 44.3 Å². The molecule has 0 fully saturated rings. The molecule has 0 atom stereocenters. The molecule has 0 bridgehead atoms. The number of hydrazone groups is 1. The zero-order chi connectivity index (χ0) is 20.3. The molecule has 1 heterocycles. The second-order valence-corrected chi connectivity index (χ2v) is 7.97. The molecule has 0 unspecified atom stereocenters. The molecule has 28 heavy (non-hydrogen) atoms. The van der Waals surface area contributed by atoms with E-state index < -0.39 is 0 Å². The molecular weight excluding hydrogens is 483 g/mol. The fourth-order valence-corrected chi connectivity index (χ4v) is 3.34. The van der Waals surface area contributed by atoms with Crippen LogP contribution in [0.5, 0.6) is 0 Å². The van der Waals surface area contributed by atoms with E-state index in [4.69, 9.17) is 35.4 Å². The van der Waals surface area contributed by atoms with E-state index in [1.807, 2.05) is 38.1 Å². The van der Waals surface area contributed by atoms with Crippen molar-refractivity contribution in [3.8, 4) is 5.69 Å². The predicted octanol–water partition coefficient (Wildman–Crippen LogP) is 5.36. The van der Waals surface area contributed by atoms with E-state index >= 15 is 0 Å². The van der Waals surface area contributed by atoms with Crippen LogP contribution in [0.25, 0.3) is 5.69 Å². The topological polar surface area (TPSA) is 67.1 Å². The number of benzene rings is 2. The maximum atomic E-state index is 6.27. The average molecular weight is 498 g/mol. The van der Waals surface area contributed by atoms with E-state index in [1.54, 1.807) is 22.9 Å². The number of aromatic nitrogens is 3. The molecule has 6 nitrogen and oxygen atoms in total. The smallest absolute Gasteiger partial charge is 0.191 e. The van der Waals surface area contributed by atoms with Crippen LogP contribution in [0.4, 0.5) is 5.69 Å². The molecular formula is C18H15BrCl2N6S. The summed E-state index contributed by atoms with van der Waals surface area (Å²) in [4.78, 5) is 0. The summed E-state index contributed by atoms with van der Waals surface area (Å²) in [5, 5.41) is 17.1. The first kappa shape index (κ1) is 20.7. The lowest BCUT2D eigenvalue weighted by Crippen LogP contribution is -2.25. The third kappa shape index (κ3) is 4.88. The van der Waals surface area contributed by atoms with E-state index in [-0.39, 0.29) is 0 Å². The summed E-state index contributed by atoms with van der Waals surface area (Å²) in [7, 11) is 0. The van der Waals surface area contributed by atoms with Crippen molar-refractivity contribution >= 4 is 67.9 Å². The summed E-state index contributed by atoms with van der Waals surface area (Å²) in [6, 6.07) is 12.8. The van der Waals surface area contributed by atoms with Crippen molar-refractivity contribution in [2.24, 2.45) is 5.10 Å². The lowest BCUT2D eigenvalue weighted by Gasteiger charge is -2.08. The number of thiocarbonyl (C=S) groups is 1. The lowest BCUT2D eigenvalue weighted by molar-refractivity contribution is 0.785. The molecule has 0 aliphatic carbocycles. The van der Waals surface area contributed by atoms with Crippen LogP contribution in [-0.4, -0.2) is 25.8 Å². The highest BCUT2D eigenvalue weighted by molar-refractivity contribution is 9.10. The molecule has 0 aliphatic heterocycles. The van der Waals surface area contributed by atoms with Gasteiger partial charge in [-0.2, -0.15) is 5.10 Å². The third-order valence-electron chi connectivity index (χ3n) is 3.80. The molecule has 3 aromatic rings. The average Bonchev–Trinajstić information content (AvgIpc) is 3.03. The molecule has 1 aromatic heterocycles. The van der Waals surface area contributed by atoms with Crippen LogP contribution in [0, 0.1) is 6.92 Å². The zero-order valence-electron chi connectivity index (χ0n) is 14.9. The summed E-state index contributed by atoms with van der Waals surface area (Å²) in [6.07, 6.45) is 0. The van der Waals surface area contributed by atoms with Gasteiger partial charge in [-0.05, 0) is 68.5 Å². The summed E-state index contributed by atoms with van der Waals surface area (Å²) in [6.45, 7) is 3.71. The molecule has 0 saturated heterocycles. The Morgan fingerprint density at radius 3 is 2.57 bits per heavy atom. The number of nitrogens with one attached hydrogen (secondary N) is 2. The minimum atomic E-state index is 0.368. The Hall–Kier alpha value is -2.00. The Morgan fingerprint density at radius 2 is 1.89 bits per heavy atom. The first-order valence-corrected chi connectivity index (χ1v) is 10.1. The number of nitrogens with zero attached hydrogens (tertiary/aromatic N) is 4. The van der Waals surface area contributed by atoms with Crippen molar-refractivity contribution in [2.75, 3.05) is 5.32 Å². The Kier molecular flexibility index (Phi) is 6.66. The number of anilines is 1. The maximum absolute atomic E-state index is 6.27. The van der Waals surface area contributed by atoms with Crippen LogP contribution in [0.15, 0.2) is 52.0 Å². The van der Waals surface area contributed by atoms with E-state index in [9.17, 15) is 0 Å². The summed E-state index contributed by atoms with van der Waals surface area (Å²) >= 11 is 20.9. The predicted molar refractivity (Wildman–Crippen MR) is 122 cm³/mol. The summed E-state index contributed by atoms with van der Waals surface area (Å²) in [5.41, 5.74) is 6.41. The highest BCUT2D eigenvalue weighted by Gasteiger charge is 2.15. The Bertz CT molecular complexity index is 1050. The number of hydrogen-bond donors (Lipinski definition) is 2. The van der Waals surface area contributed by atoms with Gasteiger partial charge in [-0.15, -0.1) is 5.10 Å². The summed E-state index contributed by atoms with van der Waals surface area (Å²) in [5.74, 6) is 0. The third-order valence-corrected chi connectivity index (χ3v) is 5.06. The standard InChI is InChI=1S/C18H15BrCl2N6S/c1-10(23-25-18(28)22-14-6-3-12(19)4-7-14)17-11(2)27(26-24-17)16-8-5-13(20)9-15(16)21/h3-9H,1-2H3,(H2,22,25,28)/b23-10-. The van der Waals surface area contributed by atoms with Gasteiger partial charge in [0.2, 0.25) is 0 Å². The minimum absolute atomic E-state index is 0.368. The van der Waals surface area contributed by atoms with Crippen LogP contribution < -0.4 is 10.7 Å². The molecule has 0 radical (unpaired) electrons. The quantitative estimate of drug-likeness (QED) is 0.288. The maximum Gasteiger partial charge on any atom is 0.191 e. The Labute approximate surface area is 186 Å². The van der Waals surface area contributed by atoms with Gasteiger partial charge in [-0.25, -0.2) is 4.68 Å². The van der Waals surface area contributed by atoms with Crippen molar-refractivity contribution in [1.82, 2.24) is 20.4 Å². The SMILES string of the molecule is C/C(=N/NC(=S)Nc1ccc(Br)cc1)c1nnn(-c2ccc(Cl)cc2Cl)c1C. The van der Waals surface area contributed by atoms with Crippen LogP contribution in [0.3, 0.4) is 0 Å². The monoisotopic (exact) mass is 496 g/mol. The molecule has 144 valence electrons. The van der Waals surface area contributed by atoms with Gasteiger partial charge in [0, 0.05) is 15.2 Å². The van der Waals surface area contributed by atoms with Crippen molar-refractivity contribution in [2.45, 2.75) is 13.8 Å². The Balaban J connectivity index is 1.73. The summed E-state index contributed by atoms with van der Waals surface area (Å²) < 4.78 is 2.64. The van der Waals surface area contributed by atoms with Gasteiger partial charge < -0.3 is 5.32 Å². The van der Waals surface area contributed by atoms with Crippen molar-refractivity contribution < 1.29 is 0 Å². The van der Waals surface area contributed by atoms with Gasteiger partial charge >= 0.3 is 0 Å². The van der Waals surface area contributed by atoms with Crippen LogP contribution in [0.1, 0.15) is 18.3 Å². The van der Waals surface area contributed by atoms with E-state index in [2.05, 4.69) is 42.1 Å². The first-order valence-electron chi connectivity index (χ1n) is 8.10. The first-order chi connectivity index (χ1) is 13.3. The molecule has 2 N–H and O–H groups in total. The fraction of sp³-hybridized carbons (Fsp3) is 0.111. The van der Waals surface area contributed by atoms with Gasteiger partial charge in [0.05, 0.1) is 22.1 Å².